The van der Waals surface area contributed by atoms with E-state index >= 15 is 0 Å². The molecule has 1 aliphatic heterocycles. The molecule has 13 nitrogen and oxygen atoms in total. The number of aliphatic hydroxyl groups is 2. The number of likely N-dealkylation sites (N-methyl/N-ethyl adjacent to an activating group) is 1. The zero-order chi connectivity index (χ0) is 27.8. The first-order valence-electron chi connectivity index (χ1n) is 10.9. The number of pyridine rings is 1. The molecule has 1 fully saturated rings. The van der Waals surface area contributed by atoms with Crippen molar-refractivity contribution in [2.75, 3.05) is 26.4 Å². The maximum absolute atomic E-state index is 12.7. The molecule has 1 saturated heterocycles. The highest BCUT2D eigenvalue weighted by Gasteiger charge is 2.47. The number of nitrogen functional groups attached to an aromatic ring is 1. The van der Waals surface area contributed by atoms with Gasteiger partial charge in [0, 0.05) is 20.3 Å². The second-order valence-corrected chi connectivity index (χ2v) is 8.19. The third kappa shape index (κ3) is 5.07. The second-order valence-electron chi connectivity index (χ2n) is 8.19. The van der Waals surface area contributed by atoms with E-state index in [2.05, 4.69) is 37.1 Å². The average Bonchev–Trinajstić information content (AvgIpc) is 3.43. The van der Waals surface area contributed by atoms with Gasteiger partial charge in [-0.1, -0.05) is 5.92 Å². The molecule has 0 aliphatic carbocycles. The van der Waals surface area contributed by atoms with E-state index in [1.807, 2.05) is 0 Å². The molecule has 4 rings (SSSR count). The lowest BCUT2D eigenvalue weighted by atomic mass is 10.1. The molecular formula is C22H21F3N8O5. The largest absolute Gasteiger partial charge is 0.433 e. The molecule has 0 radical (unpaired) electrons. The summed E-state index contributed by atoms with van der Waals surface area (Å²) in [5, 5.41) is 23.0. The third-order valence-electron chi connectivity index (χ3n) is 5.63. The quantitative estimate of drug-likeness (QED) is 0.313. The minimum Gasteiger partial charge on any atom is -0.387 e. The number of imidazole rings is 1. The van der Waals surface area contributed by atoms with Gasteiger partial charge in [-0.2, -0.15) is 13.2 Å². The number of carbonyl (C=O) groups is 2. The van der Waals surface area contributed by atoms with Gasteiger partial charge < -0.3 is 30.9 Å². The third-order valence-corrected chi connectivity index (χ3v) is 5.63. The summed E-state index contributed by atoms with van der Waals surface area (Å²) in [7, 11) is 2.75. The normalized spacial score (nSPS) is 21.1. The number of nitrogens with zero attached hydrogens (tertiary/aromatic N) is 6. The molecule has 0 aromatic carbocycles. The van der Waals surface area contributed by atoms with Gasteiger partial charge in [0.15, 0.2) is 23.8 Å². The molecule has 1 aliphatic rings. The minimum atomic E-state index is -4.62. The number of aliphatic hydroxyl groups excluding tert-OH is 2. The number of halogens is 3. The van der Waals surface area contributed by atoms with Gasteiger partial charge in [-0.25, -0.2) is 15.0 Å². The zero-order valence-electron chi connectivity index (χ0n) is 19.8. The summed E-state index contributed by atoms with van der Waals surface area (Å²) in [5.41, 5.74) is 5.06. The summed E-state index contributed by atoms with van der Waals surface area (Å²) in [6, 6.07) is 1.73. The van der Waals surface area contributed by atoms with Crippen molar-refractivity contribution in [2.45, 2.75) is 30.7 Å². The van der Waals surface area contributed by atoms with Gasteiger partial charge in [-0.05, 0) is 18.1 Å². The van der Waals surface area contributed by atoms with Crippen molar-refractivity contribution in [3.8, 4) is 11.8 Å². The van der Waals surface area contributed by atoms with Crippen LogP contribution in [0.25, 0.3) is 11.2 Å². The summed E-state index contributed by atoms with van der Waals surface area (Å²) in [6.45, 7) is -0.134. The van der Waals surface area contributed by atoms with E-state index < -0.39 is 48.2 Å². The monoisotopic (exact) mass is 534 g/mol. The van der Waals surface area contributed by atoms with Crippen LogP contribution in [-0.4, -0.2) is 90.4 Å². The number of nitrogens with one attached hydrogen (secondary N) is 1. The van der Waals surface area contributed by atoms with Crippen LogP contribution < -0.4 is 11.1 Å². The summed E-state index contributed by atoms with van der Waals surface area (Å²) >= 11 is 0. The minimum absolute atomic E-state index is 0.0470. The first kappa shape index (κ1) is 26.7. The van der Waals surface area contributed by atoms with Gasteiger partial charge in [0.1, 0.15) is 23.4 Å². The molecule has 38 heavy (non-hydrogen) atoms. The van der Waals surface area contributed by atoms with Gasteiger partial charge >= 0.3 is 6.18 Å². The molecule has 4 heterocycles. The Morgan fingerprint density at radius 3 is 2.61 bits per heavy atom. The Bertz CT molecular complexity index is 1430. The number of aromatic nitrogens is 5. The number of nitrogens with two attached hydrogens (primary N) is 1. The number of amides is 2. The Morgan fingerprint density at radius 1 is 1.24 bits per heavy atom. The van der Waals surface area contributed by atoms with Crippen molar-refractivity contribution in [2.24, 2.45) is 0 Å². The molecule has 2 amide bonds. The van der Waals surface area contributed by atoms with E-state index in [0.717, 1.165) is 17.2 Å². The van der Waals surface area contributed by atoms with Crippen molar-refractivity contribution < 1.29 is 37.7 Å². The molecular weight excluding hydrogens is 513 g/mol. The van der Waals surface area contributed by atoms with Crippen LogP contribution in [0.2, 0.25) is 0 Å². The smallest absolute Gasteiger partial charge is 0.387 e. The van der Waals surface area contributed by atoms with Crippen LogP contribution in [0.5, 0.6) is 0 Å². The van der Waals surface area contributed by atoms with Crippen LogP contribution >= 0.6 is 0 Å². The number of fused-ring (bicyclic) bond motifs is 1. The molecule has 200 valence electrons. The predicted molar refractivity (Wildman–Crippen MR) is 123 cm³/mol. The van der Waals surface area contributed by atoms with Crippen LogP contribution in [-0.2, 0) is 15.7 Å². The summed E-state index contributed by atoms with van der Waals surface area (Å²) in [4.78, 5) is 41.3. The summed E-state index contributed by atoms with van der Waals surface area (Å²) < 4.78 is 44.8. The van der Waals surface area contributed by atoms with Crippen LogP contribution in [0.15, 0.2) is 24.7 Å². The highest BCUT2D eigenvalue weighted by molar-refractivity contribution is 5.94. The number of rotatable bonds is 4. The maximum atomic E-state index is 12.7. The molecule has 4 atom stereocenters. The predicted octanol–water partition coefficient (Wildman–Crippen LogP) is -0.689. The van der Waals surface area contributed by atoms with E-state index in [9.17, 15) is 33.0 Å². The van der Waals surface area contributed by atoms with E-state index in [1.165, 1.54) is 25.0 Å². The molecule has 1 unspecified atom stereocenters. The molecule has 0 spiro atoms. The topological polar surface area (TPSA) is 182 Å². The van der Waals surface area contributed by atoms with Gasteiger partial charge in [-0.15, -0.1) is 0 Å². The maximum Gasteiger partial charge on any atom is 0.433 e. The second kappa shape index (κ2) is 10.2. The van der Waals surface area contributed by atoms with Crippen LogP contribution in [0.1, 0.15) is 28.1 Å². The van der Waals surface area contributed by atoms with E-state index in [1.54, 1.807) is 0 Å². The van der Waals surface area contributed by atoms with E-state index in [4.69, 9.17) is 10.5 Å². The number of hydrogen-bond acceptors (Lipinski definition) is 10. The van der Waals surface area contributed by atoms with Crippen LogP contribution in [0.4, 0.5) is 19.0 Å². The van der Waals surface area contributed by atoms with Gasteiger partial charge in [0.05, 0.1) is 18.4 Å². The Morgan fingerprint density at radius 2 is 1.97 bits per heavy atom. The fourth-order valence-electron chi connectivity index (χ4n) is 3.65. The van der Waals surface area contributed by atoms with Crippen LogP contribution in [0, 0.1) is 11.8 Å². The lowest BCUT2D eigenvalue weighted by Crippen LogP contribution is -2.41. The molecule has 3 aromatic rings. The van der Waals surface area contributed by atoms with Crippen molar-refractivity contribution >= 4 is 28.8 Å². The zero-order valence-corrected chi connectivity index (χ0v) is 19.8. The SMILES string of the molecule is CNC(=O)[C@H]1O[C@@H](n2cnc3c(N)nc(C#CCN(C)C(=O)c4ccc(C(F)(F)F)nc4)nc32)C(O)[C@@H]1O. The van der Waals surface area contributed by atoms with Crippen LogP contribution in [0.3, 0.4) is 0 Å². The van der Waals surface area contributed by atoms with Crippen molar-refractivity contribution in [3.63, 3.8) is 0 Å². The lowest BCUT2D eigenvalue weighted by Gasteiger charge is -2.16. The number of carbonyl (C=O) groups excluding carboxylic acids is 2. The fraction of sp³-hybridized carbons (Fsp3) is 0.364. The van der Waals surface area contributed by atoms with Crippen molar-refractivity contribution in [1.29, 1.82) is 0 Å². The number of ether oxygens (including phenoxy) is 1. The summed E-state index contributed by atoms with van der Waals surface area (Å²) in [5.74, 6) is 3.97. The van der Waals surface area contributed by atoms with Gasteiger partial charge in [-0.3, -0.25) is 19.1 Å². The van der Waals surface area contributed by atoms with E-state index in [0.29, 0.717) is 6.07 Å². The average molecular weight is 534 g/mol. The lowest BCUT2D eigenvalue weighted by molar-refractivity contribution is -0.141. The number of alkyl halides is 3. The highest BCUT2D eigenvalue weighted by Crippen LogP contribution is 2.32. The van der Waals surface area contributed by atoms with Crippen molar-refractivity contribution in [3.05, 3.63) is 41.7 Å². The Labute approximate surface area is 212 Å². The van der Waals surface area contributed by atoms with E-state index in [-0.39, 0.29) is 34.9 Å². The standard InChI is InChI=1S/C22H21F3N8O5/c1-27-19(36)16-14(34)15(35)21(38-16)33-9-29-13-17(26)30-12(31-18(13)33)4-3-7-32(2)20(37)10-5-6-11(28-8-10)22(23,24)25/h5-6,8-9,14-16,21,34-35H,7H2,1-2H3,(H,27,36)(H2,26,30,31)/t14-,15?,16-,21+/m0/s1. The van der Waals surface area contributed by atoms with Crippen molar-refractivity contribution in [1.82, 2.24) is 34.7 Å². The molecule has 5 N–H and O–H groups in total. The molecule has 0 bridgehead atoms. The first-order chi connectivity index (χ1) is 17.9. The van der Waals surface area contributed by atoms with Gasteiger partial charge in [0.25, 0.3) is 11.8 Å². The highest BCUT2D eigenvalue weighted by atomic mass is 19.4. The van der Waals surface area contributed by atoms with Gasteiger partial charge in [0.2, 0.25) is 5.82 Å². The Hall–Kier alpha value is -4.33. The summed E-state index contributed by atoms with van der Waals surface area (Å²) in [6.07, 6.45) is -8.07. The molecule has 3 aromatic heterocycles. The number of hydrogen-bond donors (Lipinski definition) is 4. The Balaban J connectivity index is 1.52. The Kier molecular flexibility index (Phi) is 7.18. The molecule has 16 heteroatoms. The number of anilines is 1. The first-order valence-corrected chi connectivity index (χ1v) is 10.9. The fourth-order valence-corrected chi connectivity index (χ4v) is 3.65. The molecule has 0 saturated carbocycles.